The molecule has 3 aromatic rings. The summed E-state index contributed by atoms with van der Waals surface area (Å²) in [4.78, 5) is 19.7. The zero-order valence-corrected chi connectivity index (χ0v) is 18.2. The summed E-state index contributed by atoms with van der Waals surface area (Å²) in [6.45, 7) is 3.23. The molecule has 9 nitrogen and oxygen atoms in total. The lowest BCUT2D eigenvalue weighted by molar-refractivity contribution is 0.122. The van der Waals surface area contributed by atoms with Gasteiger partial charge in [-0.15, -0.1) is 0 Å². The minimum Gasteiger partial charge on any atom is -0.488 e. The van der Waals surface area contributed by atoms with Crippen LogP contribution in [0.1, 0.15) is 25.7 Å². The van der Waals surface area contributed by atoms with Crippen LogP contribution in [-0.4, -0.2) is 65.5 Å². The van der Waals surface area contributed by atoms with Crippen molar-refractivity contribution < 1.29 is 14.2 Å². The summed E-state index contributed by atoms with van der Waals surface area (Å²) < 4.78 is 17.0. The zero-order valence-electron chi connectivity index (χ0n) is 18.2. The van der Waals surface area contributed by atoms with Gasteiger partial charge < -0.3 is 24.4 Å². The molecule has 2 aliphatic rings. The van der Waals surface area contributed by atoms with Crippen LogP contribution in [0.4, 0.5) is 11.4 Å². The molecule has 1 saturated heterocycles. The van der Waals surface area contributed by atoms with Gasteiger partial charge in [0.15, 0.2) is 0 Å². The molecule has 32 heavy (non-hydrogen) atoms. The Morgan fingerprint density at radius 1 is 0.969 bits per heavy atom. The van der Waals surface area contributed by atoms with Gasteiger partial charge in [-0.1, -0.05) is 0 Å². The summed E-state index contributed by atoms with van der Waals surface area (Å²) in [6, 6.07) is 4.96. The molecular formula is C23H28N6O3. The minimum absolute atomic E-state index is 0.158. The molecule has 0 bridgehead atoms. The molecule has 1 aliphatic heterocycles. The largest absolute Gasteiger partial charge is 0.488 e. The Balaban J connectivity index is 1.25. The Hall–Kier alpha value is -3.20. The van der Waals surface area contributed by atoms with E-state index in [1.165, 1.54) is 0 Å². The smallest absolute Gasteiger partial charge is 0.316 e. The van der Waals surface area contributed by atoms with Crippen LogP contribution in [0.3, 0.4) is 0 Å². The molecule has 1 aromatic carbocycles. The topological polar surface area (TPSA) is 94.5 Å². The number of aromatic nitrogens is 4. The van der Waals surface area contributed by atoms with Crippen molar-refractivity contribution in [1.29, 1.82) is 0 Å². The molecule has 9 heteroatoms. The number of nitrogens with zero attached hydrogens (tertiary/aromatic N) is 5. The average Bonchev–Trinajstić information content (AvgIpc) is 2.86. The number of methoxy groups -OCH3 is 1. The first-order valence-electron chi connectivity index (χ1n) is 11.1. The summed E-state index contributed by atoms with van der Waals surface area (Å²) in [7, 11) is 1.56. The maximum atomic E-state index is 6.50. The first kappa shape index (κ1) is 20.7. The second-order valence-electron chi connectivity index (χ2n) is 8.16. The van der Waals surface area contributed by atoms with E-state index in [9.17, 15) is 0 Å². The number of nitrogens with one attached hydrogen (secondary N) is 1. The number of hydrogen-bond donors (Lipinski definition) is 1. The molecule has 1 N–H and O–H groups in total. The molecule has 0 amide bonds. The van der Waals surface area contributed by atoms with Crippen LogP contribution in [0.25, 0.3) is 11.0 Å². The van der Waals surface area contributed by atoms with Gasteiger partial charge in [-0.05, 0) is 31.7 Å². The molecule has 2 aromatic heterocycles. The fourth-order valence-corrected chi connectivity index (χ4v) is 4.36. The van der Waals surface area contributed by atoms with Gasteiger partial charge in [0, 0.05) is 43.3 Å². The van der Waals surface area contributed by atoms with Crippen LogP contribution in [0.2, 0.25) is 0 Å². The lowest BCUT2D eigenvalue weighted by atomic mass is 9.93. The second kappa shape index (κ2) is 9.52. The third kappa shape index (κ3) is 4.67. The first-order chi connectivity index (χ1) is 15.8. The molecule has 168 valence electrons. The summed E-state index contributed by atoms with van der Waals surface area (Å²) in [5.41, 5.74) is 3.71. The van der Waals surface area contributed by atoms with Crippen molar-refractivity contribution in [2.24, 2.45) is 0 Å². The van der Waals surface area contributed by atoms with Crippen molar-refractivity contribution in [3.63, 3.8) is 0 Å². The number of morpholine rings is 1. The lowest BCUT2D eigenvalue weighted by Crippen LogP contribution is -2.36. The normalized spacial score (nSPS) is 21.3. The highest BCUT2D eigenvalue weighted by Gasteiger charge is 2.24. The monoisotopic (exact) mass is 436 g/mol. The lowest BCUT2D eigenvalue weighted by Gasteiger charge is -2.31. The van der Waals surface area contributed by atoms with Crippen LogP contribution in [0.15, 0.2) is 36.9 Å². The van der Waals surface area contributed by atoms with Crippen molar-refractivity contribution in [1.82, 2.24) is 19.9 Å². The number of anilines is 2. The Labute approximate surface area is 187 Å². The van der Waals surface area contributed by atoms with Crippen molar-refractivity contribution in [3.8, 4) is 11.8 Å². The van der Waals surface area contributed by atoms with E-state index in [2.05, 4.69) is 42.3 Å². The van der Waals surface area contributed by atoms with Gasteiger partial charge in [-0.25, -0.2) is 15.0 Å². The summed E-state index contributed by atoms with van der Waals surface area (Å²) >= 11 is 0. The van der Waals surface area contributed by atoms with Crippen molar-refractivity contribution in [2.75, 3.05) is 43.6 Å². The average molecular weight is 437 g/mol. The first-order valence-corrected chi connectivity index (χ1v) is 11.1. The number of fused-ring (bicyclic) bond motifs is 1. The van der Waals surface area contributed by atoms with Crippen molar-refractivity contribution >= 4 is 22.4 Å². The highest BCUT2D eigenvalue weighted by molar-refractivity contribution is 5.85. The third-order valence-electron chi connectivity index (χ3n) is 6.05. The van der Waals surface area contributed by atoms with Gasteiger partial charge in [-0.3, -0.25) is 4.98 Å². The van der Waals surface area contributed by atoms with E-state index < -0.39 is 0 Å². The fraction of sp³-hybridized carbons (Fsp3) is 0.478. The molecule has 0 unspecified atom stereocenters. The van der Waals surface area contributed by atoms with E-state index in [1.54, 1.807) is 31.9 Å². The zero-order chi connectivity index (χ0) is 21.8. The Morgan fingerprint density at radius 2 is 1.72 bits per heavy atom. The van der Waals surface area contributed by atoms with Gasteiger partial charge in [0.25, 0.3) is 0 Å². The number of ether oxygens (including phenoxy) is 3. The van der Waals surface area contributed by atoms with Crippen LogP contribution >= 0.6 is 0 Å². The third-order valence-corrected chi connectivity index (χ3v) is 6.05. The number of rotatable bonds is 6. The van der Waals surface area contributed by atoms with Crippen LogP contribution in [0, 0.1) is 0 Å². The molecule has 0 spiro atoms. The maximum Gasteiger partial charge on any atom is 0.316 e. The standard InChI is InChI=1S/C23H28N6O3/c1-30-23-26-14-17(15-27-23)28-16-2-4-19(5-3-16)32-21-13-18(29-8-10-31-11-9-29)12-20-22(21)25-7-6-24-20/h6-7,12-16,19,28H,2-5,8-11H2,1H3. The van der Waals surface area contributed by atoms with Crippen molar-refractivity contribution in [3.05, 3.63) is 36.9 Å². The van der Waals surface area contributed by atoms with Crippen LogP contribution < -0.4 is 19.7 Å². The fourth-order valence-electron chi connectivity index (χ4n) is 4.36. The van der Waals surface area contributed by atoms with E-state index in [0.29, 0.717) is 12.1 Å². The Bertz CT molecular complexity index is 1030. The van der Waals surface area contributed by atoms with E-state index in [0.717, 1.165) is 80.1 Å². The molecule has 1 aliphatic carbocycles. The molecule has 3 heterocycles. The van der Waals surface area contributed by atoms with Crippen LogP contribution in [0.5, 0.6) is 11.8 Å². The summed E-state index contributed by atoms with van der Waals surface area (Å²) in [5.74, 6) is 0.817. The van der Waals surface area contributed by atoms with E-state index >= 15 is 0 Å². The molecule has 0 atom stereocenters. The molecule has 2 fully saturated rings. The van der Waals surface area contributed by atoms with Gasteiger partial charge >= 0.3 is 6.01 Å². The molecule has 0 radical (unpaired) electrons. The quantitative estimate of drug-likeness (QED) is 0.625. The van der Waals surface area contributed by atoms with Gasteiger partial charge in [0.2, 0.25) is 0 Å². The van der Waals surface area contributed by atoms with E-state index in [4.69, 9.17) is 14.2 Å². The SMILES string of the molecule is COc1ncc(NC2CCC(Oc3cc(N4CCOCC4)cc4nccnc34)CC2)cn1. The highest BCUT2D eigenvalue weighted by atomic mass is 16.5. The van der Waals surface area contributed by atoms with Crippen molar-refractivity contribution in [2.45, 2.75) is 37.8 Å². The second-order valence-corrected chi connectivity index (χ2v) is 8.16. The predicted octanol–water partition coefficient (Wildman–Crippen LogP) is 3.07. The number of hydrogen-bond acceptors (Lipinski definition) is 9. The predicted molar refractivity (Wildman–Crippen MR) is 121 cm³/mol. The molecule has 1 saturated carbocycles. The van der Waals surface area contributed by atoms with Gasteiger partial charge in [0.05, 0.1) is 50.0 Å². The Kier molecular flexibility index (Phi) is 6.15. The number of benzene rings is 1. The van der Waals surface area contributed by atoms with E-state index in [-0.39, 0.29) is 6.10 Å². The Morgan fingerprint density at radius 3 is 2.47 bits per heavy atom. The summed E-state index contributed by atoms with van der Waals surface area (Å²) in [6.07, 6.45) is 11.1. The van der Waals surface area contributed by atoms with Gasteiger partial charge in [-0.2, -0.15) is 0 Å². The van der Waals surface area contributed by atoms with Crippen LogP contribution in [-0.2, 0) is 4.74 Å². The summed E-state index contributed by atoms with van der Waals surface area (Å²) in [5, 5.41) is 3.52. The van der Waals surface area contributed by atoms with E-state index in [1.807, 2.05) is 0 Å². The molecule has 5 rings (SSSR count). The maximum absolute atomic E-state index is 6.50. The molecular weight excluding hydrogens is 408 g/mol. The minimum atomic E-state index is 0.158. The highest BCUT2D eigenvalue weighted by Crippen LogP contribution is 2.33. The van der Waals surface area contributed by atoms with Gasteiger partial charge in [0.1, 0.15) is 11.3 Å².